The van der Waals surface area contributed by atoms with Gasteiger partial charge in [-0.25, -0.2) is 9.59 Å². The molecule has 0 unspecified atom stereocenters. The van der Waals surface area contributed by atoms with Crippen molar-refractivity contribution in [2.45, 2.75) is 128 Å². The molecule has 0 aromatic carbocycles. The zero-order valence-electron chi connectivity index (χ0n) is 24.5. The van der Waals surface area contributed by atoms with Gasteiger partial charge in [-0.1, -0.05) is 103 Å². The number of carbonyl (C=O) groups excluding carboxylic acids is 2. The number of nitrogens with zero attached hydrogens (tertiary/aromatic N) is 1. The SMILES string of the molecule is CCCCCCCCCCCCCCCCCCN(CCCNC(=O)OC(CO)CO)C(=O)OC(CO)CO. The predicted octanol–water partition coefficient (Wildman–Crippen LogP) is 4.51. The standard InChI is InChI=1S/C29H58N2O8/c1-2-3-4-5-6-7-8-9-10-11-12-13-14-15-16-17-20-31(29(37)39-27(24-34)25-35)21-18-19-30-28(36)38-26(22-32)23-33/h26-27,32-35H,2-25H2,1H3,(H,30,36). The van der Waals surface area contributed by atoms with Crippen molar-refractivity contribution in [2.24, 2.45) is 0 Å². The fourth-order valence-corrected chi connectivity index (χ4v) is 4.28. The molecule has 0 spiro atoms. The zero-order chi connectivity index (χ0) is 29.0. The first-order valence-electron chi connectivity index (χ1n) is 15.4. The number of hydrogen-bond acceptors (Lipinski definition) is 8. The Morgan fingerprint density at radius 3 is 1.41 bits per heavy atom. The van der Waals surface area contributed by atoms with Crippen molar-refractivity contribution in [3.05, 3.63) is 0 Å². The van der Waals surface area contributed by atoms with E-state index in [1.165, 1.54) is 88.4 Å². The van der Waals surface area contributed by atoms with Crippen molar-refractivity contribution in [3.63, 3.8) is 0 Å². The number of aliphatic hydroxyl groups is 4. The van der Waals surface area contributed by atoms with Gasteiger partial charge in [0.05, 0.1) is 26.4 Å². The van der Waals surface area contributed by atoms with Gasteiger partial charge in [0.2, 0.25) is 0 Å². The monoisotopic (exact) mass is 562 g/mol. The van der Waals surface area contributed by atoms with Gasteiger partial charge in [-0.3, -0.25) is 0 Å². The number of alkyl carbamates (subject to hydrolysis) is 1. The number of hydrogen-bond donors (Lipinski definition) is 5. The second-order valence-electron chi connectivity index (χ2n) is 10.3. The molecular formula is C29H58N2O8. The lowest BCUT2D eigenvalue weighted by atomic mass is 10.0. The van der Waals surface area contributed by atoms with Crippen LogP contribution < -0.4 is 5.32 Å². The summed E-state index contributed by atoms with van der Waals surface area (Å²) in [5, 5.41) is 38.9. The van der Waals surface area contributed by atoms with Gasteiger partial charge >= 0.3 is 12.2 Å². The van der Waals surface area contributed by atoms with Crippen LogP contribution in [0.3, 0.4) is 0 Å². The molecule has 10 nitrogen and oxygen atoms in total. The van der Waals surface area contributed by atoms with Crippen LogP contribution in [0.5, 0.6) is 0 Å². The van der Waals surface area contributed by atoms with Crippen LogP contribution >= 0.6 is 0 Å². The number of nitrogens with one attached hydrogen (secondary N) is 1. The van der Waals surface area contributed by atoms with Crippen molar-refractivity contribution in [3.8, 4) is 0 Å². The lowest BCUT2D eigenvalue weighted by Gasteiger charge is -2.24. The van der Waals surface area contributed by atoms with E-state index < -0.39 is 50.8 Å². The minimum Gasteiger partial charge on any atom is -0.441 e. The number of amides is 2. The highest BCUT2D eigenvalue weighted by molar-refractivity contribution is 5.68. The third-order valence-corrected chi connectivity index (χ3v) is 6.77. The molecule has 0 saturated heterocycles. The van der Waals surface area contributed by atoms with E-state index in [-0.39, 0.29) is 6.54 Å². The van der Waals surface area contributed by atoms with Gasteiger partial charge < -0.3 is 40.1 Å². The lowest BCUT2D eigenvalue weighted by molar-refractivity contribution is 0.00430. The third-order valence-electron chi connectivity index (χ3n) is 6.77. The fraction of sp³-hybridized carbons (Fsp3) is 0.931. The molecule has 0 aromatic rings. The van der Waals surface area contributed by atoms with Gasteiger partial charge in [0.15, 0.2) is 0 Å². The molecule has 232 valence electrons. The van der Waals surface area contributed by atoms with Crippen LogP contribution in [0.2, 0.25) is 0 Å². The Bertz CT molecular complexity index is 559. The van der Waals surface area contributed by atoms with Crippen LogP contribution in [-0.4, -0.2) is 95.8 Å². The van der Waals surface area contributed by atoms with Gasteiger partial charge in [0.1, 0.15) is 12.2 Å². The Morgan fingerprint density at radius 2 is 0.974 bits per heavy atom. The molecule has 0 fully saturated rings. The van der Waals surface area contributed by atoms with E-state index in [9.17, 15) is 19.8 Å². The third kappa shape index (κ3) is 22.9. The molecule has 0 aliphatic rings. The molecular weight excluding hydrogens is 504 g/mol. The number of carbonyl (C=O) groups is 2. The van der Waals surface area contributed by atoms with Crippen LogP contribution in [-0.2, 0) is 9.47 Å². The minimum absolute atomic E-state index is 0.231. The molecule has 0 aliphatic carbocycles. The molecule has 0 radical (unpaired) electrons. The van der Waals surface area contributed by atoms with Gasteiger partial charge in [0.25, 0.3) is 0 Å². The molecule has 0 heterocycles. The number of ether oxygens (including phenoxy) is 2. The van der Waals surface area contributed by atoms with Crippen molar-refractivity contribution in [1.82, 2.24) is 10.2 Å². The van der Waals surface area contributed by atoms with Crippen LogP contribution in [0.15, 0.2) is 0 Å². The Kier molecular flexibility index (Phi) is 26.8. The first-order chi connectivity index (χ1) is 19.0. The van der Waals surface area contributed by atoms with Crippen LogP contribution in [0.1, 0.15) is 116 Å². The molecule has 0 saturated carbocycles. The molecule has 39 heavy (non-hydrogen) atoms. The quantitative estimate of drug-likeness (QED) is 0.0919. The Balaban J connectivity index is 4.05. The van der Waals surface area contributed by atoms with Gasteiger partial charge in [-0.15, -0.1) is 0 Å². The molecule has 5 N–H and O–H groups in total. The van der Waals surface area contributed by atoms with E-state index in [1.54, 1.807) is 0 Å². The topological polar surface area (TPSA) is 149 Å². The van der Waals surface area contributed by atoms with E-state index in [0.29, 0.717) is 19.5 Å². The maximum absolute atomic E-state index is 12.5. The summed E-state index contributed by atoms with van der Waals surface area (Å²) in [4.78, 5) is 25.7. The molecule has 10 heteroatoms. The summed E-state index contributed by atoms with van der Waals surface area (Å²) in [5.41, 5.74) is 0. The summed E-state index contributed by atoms with van der Waals surface area (Å²) >= 11 is 0. The Labute approximate surface area is 236 Å². The summed E-state index contributed by atoms with van der Waals surface area (Å²) in [6.07, 6.45) is 17.4. The second kappa shape index (κ2) is 27.9. The average Bonchev–Trinajstić information content (AvgIpc) is 2.95. The average molecular weight is 563 g/mol. The van der Waals surface area contributed by atoms with E-state index in [1.807, 2.05) is 0 Å². The largest absolute Gasteiger partial charge is 0.441 e. The maximum atomic E-state index is 12.5. The van der Waals surface area contributed by atoms with Crippen molar-refractivity contribution >= 4 is 12.2 Å². The van der Waals surface area contributed by atoms with Crippen molar-refractivity contribution in [1.29, 1.82) is 0 Å². The maximum Gasteiger partial charge on any atom is 0.410 e. The summed E-state index contributed by atoms with van der Waals surface area (Å²) in [7, 11) is 0. The zero-order valence-corrected chi connectivity index (χ0v) is 24.5. The highest BCUT2D eigenvalue weighted by atomic mass is 16.6. The summed E-state index contributed by atoms with van der Waals surface area (Å²) in [5.74, 6) is 0. The summed E-state index contributed by atoms with van der Waals surface area (Å²) in [6, 6.07) is 0. The molecule has 0 aliphatic heterocycles. The van der Waals surface area contributed by atoms with Crippen LogP contribution in [0.4, 0.5) is 9.59 Å². The first kappa shape index (κ1) is 37.4. The molecule has 0 aromatic heterocycles. The lowest BCUT2D eigenvalue weighted by Crippen LogP contribution is -2.39. The smallest absolute Gasteiger partial charge is 0.410 e. The molecule has 0 rings (SSSR count). The fourth-order valence-electron chi connectivity index (χ4n) is 4.28. The first-order valence-corrected chi connectivity index (χ1v) is 15.4. The summed E-state index contributed by atoms with van der Waals surface area (Å²) < 4.78 is 10.0. The van der Waals surface area contributed by atoms with E-state index >= 15 is 0 Å². The normalized spacial score (nSPS) is 11.3. The van der Waals surface area contributed by atoms with Crippen LogP contribution in [0.25, 0.3) is 0 Å². The Morgan fingerprint density at radius 1 is 0.590 bits per heavy atom. The Hall–Kier alpha value is -1.62. The van der Waals surface area contributed by atoms with Gasteiger partial charge in [-0.2, -0.15) is 0 Å². The van der Waals surface area contributed by atoms with E-state index in [4.69, 9.17) is 19.7 Å². The number of aliphatic hydroxyl groups excluding tert-OH is 4. The number of rotatable bonds is 27. The highest BCUT2D eigenvalue weighted by Crippen LogP contribution is 2.14. The van der Waals surface area contributed by atoms with Crippen molar-refractivity contribution < 1.29 is 39.5 Å². The van der Waals surface area contributed by atoms with Crippen LogP contribution in [0, 0.1) is 0 Å². The molecule has 2 amide bonds. The second-order valence-corrected chi connectivity index (χ2v) is 10.3. The van der Waals surface area contributed by atoms with E-state index in [2.05, 4.69) is 12.2 Å². The van der Waals surface area contributed by atoms with Gasteiger partial charge in [-0.05, 0) is 12.8 Å². The highest BCUT2D eigenvalue weighted by Gasteiger charge is 2.19. The molecule has 0 bridgehead atoms. The van der Waals surface area contributed by atoms with E-state index in [0.717, 1.165) is 19.3 Å². The minimum atomic E-state index is -0.972. The number of unbranched alkanes of at least 4 members (excludes halogenated alkanes) is 15. The van der Waals surface area contributed by atoms with Crippen molar-refractivity contribution in [2.75, 3.05) is 46.1 Å². The predicted molar refractivity (Wildman–Crippen MR) is 153 cm³/mol. The summed E-state index contributed by atoms with van der Waals surface area (Å²) in [6.45, 7) is 1.44. The van der Waals surface area contributed by atoms with Gasteiger partial charge in [0, 0.05) is 19.6 Å². The molecule has 0 atom stereocenters.